The number of nitrogens with one attached hydrogen (secondary N) is 1. The first-order chi connectivity index (χ1) is 8.73. The second kappa shape index (κ2) is 4.40. The number of hydrogen-bond donors (Lipinski definition) is 1. The molecule has 0 saturated carbocycles. The van der Waals surface area contributed by atoms with E-state index in [2.05, 4.69) is 15.4 Å². The van der Waals surface area contributed by atoms with Crippen molar-refractivity contribution in [3.8, 4) is 0 Å². The molecule has 0 bridgehead atoms. The van der Waals surface area contributed by atoms with E-state index >= 15 is 0 Å². The third-order valence-electron chi connectivity index (χ3n) is 3.02. The summed E-state index contributed by atoms with van der Waals surface area (Å²) in [5, 5.41) is 6.65. The zero-order chi connectivity index (χ0) is 14.3. The van der Waals surface area contributed by atoms with Crippen LogP contribution < -0.4 is 5.32 Å². The Morgan fingerprint density at radius 2 is 2.00 bits per heavy atom. The zero-order valence-electron chi connectivity index (χ0n) is 10.9. The molecule has 0 amide bonds. The van der Waals surface area contributed by atoms with Crippen LogP contribution in [-0.2, 0) is 6.18 Å². The Kier molecular flexibility index (Phi) is 3.15. The van der Waals surface area contributed by atoms with Gasteiger partial charge in [0.25, 0.3) is 0 Å². The van der Waals surface area contributed by atoms with Crippen LogP contribution in [0.2, 0.25) is 0 Å². The summed E-state index contributed by atoms with van der Waals surface area (Å²) in [6, 6.07) is 1.00. The molecule has 0 atom stereocenters. The number of halogens is 3. The van der Waals surface area contributed by atoms with Crippen molar-refractivity contribution in [3.63, 3.8) is 0 Å². The van der Waals surface area contributed by atoms with Crippen molar-refractivity contribution in [1.29, 1.82) is 0 Å². The first-order valence-electron chi connectivity index (χ1n) is 5.93. The molecule has 2 aromatic rings. The Morgan fingerprint density at radius 3 is 2.58 bits per heavy atom. The second-order valence-corrected chi connectivity index (χ2v) is 5.00. The van der Waals surface area contributed by atoms with Crippen LogP contribution in [0.5, 0.6) is 0 Å². The quantitative estimate of drug-likeness (QED) is 0.931. The number of alkyl halides is 3. The van der Waals surface area contributed by atoms with Gasteiger partial charge in [-0.25, -0.2) is 9.50 Å². The normalized spacial score (nSPS) is 12.9. The molecule has 104 valence electrons. The van der Waals surface area contributed by atoms with Crippen molar-refractivity contribution in [1.82, 2.24) is 14.6 Å². The predicted molar refractivity (Wildman–Crippen MR) is 66.0 cm³/mol. The highest BCUT2D eigenvalue weighted by Gasteiger charge is 2.34. The van der Waals surface area contributed by atoms with Gasteiger partial charge >= 0.3 is 6.18 Å². The molecule has 1 N–H and O–H groups in total. The maximum absolute atomic E-state index is 12.6. The highest BCUT2D eigenvalue weighted by molar-refractivity contribution is 5.68. The molecule has 0 radical (unpaired) electrons. The summed E-state index contributed by atoms with van der Waals surface area (Å²) in [6.07, 6.45) is -0.817. The van der Waals surface area contributed by atoms with Gasteiger partial charge in [0.1, 0.15) is 5.52 Å². The van der Waals surface area contributed by atoms with Crippen LogP contribution in [-0.4, -0.2) is 20.1 Å². The average Bonchev–Trinajstić information content (AvgIpc) is 2.73. The van der Waals surface area contributed by atoms with E-state index < -0.39 is 11.9 Å². The summed E-state index contributed by atoms with van der Waals surface area (Å²) in [7, 11) is 0. The Bertz CT molecular complexity index is 586. The number of hydrogen-bond acceptors (Lipinski definition) is 3. The van der Waals surface area contributed by atoms with Crippen molar-refractivity contribution >= 4 is 11.3 Å². The van der Waals surface area contributed by atoms with Crippen LogP contribution in [0, 0.1) is 0 Å². The molecule has 7 heteroatoms. The SMILES string of the molecule is CCC(C)(C)Nc1nccn2nc(C(F)(F)F)cc12. The third kappa shape index (κ3) is 2.80. The van der Waals surface area contributed by atoms with Gasteiger partial charge in [-0.15, -0.1) is 0 Å². The van der Waals surface area contributed by atoms with Crippen molar-refractivity contribution in [2.24, 2.45) is 0 Å². The number of anilines is 1. The average molecular weight is 272 g/mol. The molecule has 0 aliphatic carbocycles. The highest BCUT2D eigenvalue weighted by Crippen LogP contribution is 2.30. The molecule has 4 nitrogen and oxygen atoms in total. The second-order valence-electron chi connectivity index (χ2n) is 5.00. The molecule has 2 rings (SSSR count). The van der Waals surface area contributed by atoms with E-state index in [0.717, 1.165) is 12.5 Å². The lowest BCUT2D eigenvalue weighted by Gasteiger charge is -2.25. The highest BCUT2D eigenvalue weighted by atomic mass is 19.4. The minimum atomic E-state index is -4.45. The summed E-state index contributed by atoms with van der Waals surface area (Å²) in [4.78, 5) is 4.10. The van der Waals surface area contributed by atoms with E-state index in [1.807, 2.05) is 20.8 Å². The van der Waals surface area contributed by atoms with E-state index in [-0.39, 0.29) is 5.54 Å². The molecule has 0 aliphatic rings. The van der Waals surface area contributed by atoms with Crippen LogP contribution in [0.1, 0.15) is 32.9 Å². The molecule has 0 aliphatic heterocycles. The first-order valence-corrected chi connectivity index (χ1v) is 5.93. The number of fused-ring (bicyclic) bond motifs is 1. The van der Waals surface area contributed by atoms with Crippen LogP contribution in [0.3, 0.4) is 0 Å². The number of nitrogens with zero attached hydrogens (tertiary/aromatic N) is 3. The van der Waals surface area contributed by atoms with Gasteiger partial charge in [-0.3, -0.25) is 0 Å². The lowest BCUT2D eigenvalue weighted by molar-refractivity contribution is -0.141. The minimum absolute atomic E-state index is 0.252. The van der Waals surface area contributed by atoms with Gasteiger partial charge in [0.05, 0.1) is 0 Å². The summed E-state index contributed by atoms with van der Waals surface area (Å²) in [5.74, 6) is 0.400. The third-order valence-corrected chi connectivity index (χ3v) is 3.02. The van der Waals surface area contributed by atoms with Gasteiger partial charge < -0.3 is 5.32 Å². The molecule has 0 fully saturated rings. The van der Waals surface area contributed by atoms with Crippen LogP contribution in [0.15, 0.2) is 18.5 Å². The van der Waals surface area contributed by atoms with Crippen molar-refractivity contribution in [3.05, 3.63) is 24.2 Å². The Balaban J connectivity index is 2.48. The van der Waals surface area contributed by atoms with Crippen LogP contribution in [0.4, 0.5) is 19.0 Å². The van der Waals surface area contributed by atoms with E-state index in [1.165, 1.54) is 16.9 Å². The molecule has 0 aromatic carbocycles. The molecule has 0 spiro atoms. The maximum atomic E-state index is 12.6. The summed E-state index contributed by atoms with van der Waals surface area (Å²) >= 11 is 0. The fraction of sp³-hybridized carbons (Fsp3) is 0.500. The molecule has 0 unspecified atom stereocenters. The summed E-state index contributed by atoms with van der Waals surface area (Å²) < 4.78 is 39.1. The summed E-state index contributed by atoms with van der Waals surface area (Å²) in [5.41, 5.74) is -0.855. The standard InChI is InChI=1S/C12H15F3N4/c1-4-11(2,3)17-10-8-7-9(12(13,14)15)18-19(8)6-5-16-10/h5-7H,4H2,1-3H3,(H,16,17). The smallest absolute Gasteiger partial charge is 0.363 e. The van der Waals surface area contributed by atoms with Gasteiger partial charge in [0, 0.05) is 24.0 Å². The summed E-state index contributed by atoms with van der Waals surface area (Å²) in [6.45, 7) is 5.91. The maximum Gasteiger partial charge on any atom is 0.435 e. The van der Waals surface area contributed by atoms with Gasteiger partial charge in [-0.2, -0.15) is 18.3 Å². The van der Waals surface area contributed by atoms with Crippen molar-refractivity contribution in [2.45, 2.75) is 38.9 Å². The minimum Gasteiger partial charge on any atom is -0.363 e. The molecular weight excluding hydrogens is 257 g/mol. The van der Waals surface area contributed by atoms with Gasteiger partial charge in [-0.05, 0) is 20.3 Å². The van der Waals surface area contributed by atoms with E-state index in [4.69, 9.17) is 0 Å². The van der Waals surface area contributed by atoms with Crippen molar-refractivity contribution < 1.29 is 13.2 Å². The molecule has 0 saturated heterocycles. The Morgan fingerprint density at radius 1 is 1.32 bits per heavy atom. The lowest BCUT2D eigenvalue weighted by Crippen LogP contribution is -2.30. The first kappa shape index (κ1) is 13.6. The van der Waals surface area contributed by atoms with Gasteiger partial charge in [-0.1, -0.05) is 6.92 Å². The molecule has 2 aromatic heterocycles. The number of rotatable bonds is 3. The van der Waals surface area contributed by atoms with Crippen molar-refractivity contribution in [2.75, 3.05) is 5.32 Å². The topological polar surface area (TPSA) is 42.2 Å². The molecular formula is C12H15F3N4. The van der Waals surface area contributed by atoms with Gasteiger partial charge in [0.15, 0.2) is 11.5 Å². The fourth-order valence-corrected chi connectivity index (χ4v) is 1.57. The lowest BCUT2D eigenvalue weighted by atomic mass is 10.0. The number of aromatic nitrogens is 3. The van der Waals surface area contributed by atoms with Gasteiger partial charge in [0.2, 0.25) is 0 Å². The monoisotopic (exact) mass is 272 g/mol. The Labute approximate surface area is 108 Å². The van der Waals surface area contributed by atoms with Crippen LogP contribution >= 0.6 is 0 Å². The van der Waals surface area contributed by atoms with E-state index in [9.17, 15) is 13.2 Å². The zero-order valence-corrected chi connectivity index (χ0v) is 10.9. The molecule has 19 heavy (non-hydrogen) atoms. The Hall–Kier alpha value is -1.79. The largest absolute Gasteiger partial charge is 0.435 e. The fourth-order valence-electron chi connectivity index (χ4n) is 1.57. The van der Waals surface area contributed by atoms with Crippen LogP contribution in [0.25, 0.3) is 5.52 Å². The molecule has 2 heterocycles. The predicted octanol–water partition coefficient (Wildman–Crippen LogP) is 3.35. The van der Waals surface area contributed by atoms with E-state index in [1.54, 1.807) is 0 Å². The van der Waals surface area contributed by atoms with E-state index in [0.29, 0.717) is 11.3 Å².